The number of carbonyl (C=O) groups is 1. The standard InChI is InChI=1S/C15H24N2O/c18-13-4-6-17-9-11-7-12(15(17)8-13)10-16-5-2-1-3-14(11)16/h11-12,14-15H,1-10H2/t11-,12-,14-,15+/m1/s1. The van der Waals surface area contributed by atoms with Crippen molar-refractivity contribution in [2.45, 2.75) is 50.6 Å². The summed E-state index contributed by atoms with van der Waals surface area (Å²) in [6.07, 6.45) is 7.30. The van der Waals surface area contributed by atoms with E-state index < -0.39 is 0 Å². The van der Waals surface area contributed by atoms with E-state index >= 15 is 0 Å². The van der Waals surface area contributed by atoms with Gasteiger partial charge in [0, 0.05) is 44.6 Å². The largest absolute Gasteiger partial charge is 0.300 e. The van der Waals surface area contributed by atoms with Crippen molar-refractivity contribution in [3.8, 4) is 0 Å². The molecule has 4 atom stereocenters. The van der Waals surface area contributed by atoms with Crippen molar-refractivity contribution in [1.29, 1.82) is 0 Å². The second-order valence-corrected chi connectivity index (χ2v) is 6.87. The maximum Gasteiger partial charge on any atom is 0.135 e. The molecular weight excluding hydrogens is 224 g/mol. The number of hydrogen-bond donors (Lipinski definition) is 0. The SMILES string of the molecule is O=C1CCN2C[C@H]3C[C@H](CN4CCCC[C@H]34)[C@@H]2C1. The minimum atomic E-state index is 0.510. The lowest BCUT2D eigenvalue weighted by Crippen LogP contribution is -2.64. The van der Waals surface area contributed by atoms with Gasteiger partial charge < -0.3 is 0 Å². The van der Waals surface area contributed by atoms with Gasteiger partial charge in [0.15, 0.2) is 0 Å². The molecule has 0 amide bonds. The molecule has 4 heterocycles. The molecule has 2 bridgehead atoms. The summed E-state index contributed by atoms with van der Waals surface area (Å²) >= 11 is 0. The first-order chi connectivity index (χ1) is 8.81. The third-order valence-corrected chi connectivity index (χ3v) is 5.88. The molecule has 100 valence electrons. The fraction of sp³-hybridized carbons (Fsp3) is 0.933. The molecule has 0 N–H and O–H groups in total. The molecule has 18 heavy (non-hydrogen) atoms. The average Bonchev–Trinajstić information content (AvgIpc) is 2.40. The Kier molecular flexibility index (Phi) is 2.73. The third-order valence-electron chi connectivity index (χ3n) is 5.88. The first-order valence-electron chi connectivity index (χ1n) is 7.81. The summed E-state index contributed by atoms with van der Waals surface area (Å²) in [6, 6.07) is 1.46. The number of fused-ring (bicyclic) bond motifs is 6. The highest BCUT2D eigenvalue weighted by Gasteiger charge is 2.47. The second kappa shape index (κ2) is 4.31. The van der Waals surface area contributed by atoms with E-state index in [1.54, 1.807) is 0 Å². The van der Waals surface area contributed by atoms with Crippen molar-refractivity contribution in [1.82, 2.24) is 9.80 Å². The normalized spacial score (nSPS) is 45.4. The minimum absolute atomic E-state index is 0.510. The molecular formula is C15H24N2O. The Balaban J connectivity index is 1.56. The van der Waals surface area contributed by atoms with Gasteiger partial charge in [0.05, 0.1) is 0 Å². The van der Waals surface area contributed by atoms with Crippen LogP contribution in [0.25, 0.3) is 0 Å². The van der Waals surface area contributed by atoms with Gasteiger partial charge in [0.2, 0.25) is 0 Å². The quantitative estimate of drug-likeness (QED) is 0.649. The number of carbonyl (C=O) groups excluding carboxylic acids is 1. The molecule has 0 unspecified atom stereocenters. The molecule has 3 heteroatoms. The predicted octanol–water partition coefficient (Wildman–Crippen LogP) is 1.52. The molecule has 0 radical (unpaired) electrons. The fourth-order valence-electron chi connectivity index (χ4n) is 5.07. The van der Waals surface area contributed by atoms with Gasteiger partial charge in [-0.25, -0.2) is 0 Å². The lowest BCUT2D eigenvalue weighted by atomic mass is 9.71. The highest BCUT2D eigenvalue weighted by atomic mass is 16.1. The topological polar surface area (TPSA) is 23.6 Å². The minimum Gasteiger partial charge on any atom is -0.300 e. The summed E-state index contributed by atoms with van der Waals surface area (Å²) in [4.78, 5) is 17.1. The van der Waals surface area contributed by atoms with Crippen LogP contribution in [0.15, 0.2) is 0 Å². The van der Waals surface area contributed by atoms with Crippen LogP contribution < -0.4 is 0 Å². The van der Waals surface area contributed by atoms with Gasteiger partial charge in [0.1, 0.15) is 5.78 Å². The monoisotopic (exact) mass is 248 g/mol. The third kappa shape index (κ3) is 1.75. The lowest BCUT2D eigenvalue weighted by Gasteiger charge is -2.56. The highest BCUT2D eigenvalue weighted by Crippen LogP contribution is 2.42. The molecule has 0 aliphatic carbocycles. The van der Waals surface area contributed by atoms with E-state index in [0.29, 0.717) is 11.8 Å². The van der Waals surface area contributed by atoms with Crippen molar-refractivity contribution in [2.24, 2.45) is 11.8 Å². The molecule has 4 aliphatic rings. The molecule has 4 saturated heterocycles. The first-order valence-corrected chi connectivity index (χ1v) is 7.81. The maximum atomic E-state index is 11.7. The molecule has 4 aliphatic heterocycles. The maximum absolute atomic E-state index is 11.7. The Labute approximate surface area is 110 Å². The zero-order valence-electron chi connectivity index (χ0n) is 11.2. The van der Waals surface area contributed by atoms with Crippen LogP contribution in [-0.2, 0) is 4.79 Å². The Hall–Kier alpha value is -0.410. The summed E-state index contributed by atoms with van der Waals surface area (Å²) in [7, 11) is 0. The van der Waals surface area contributed by atoms with Crippen molar-refractivity contribution >= 4 is 5.78 Å². The van der Waals surface area contributed by atoms with Gasteiger partial charge in [-0.3, -0.25) is 14.6 Å². The summed E-state index contributed by atoms with van der Waals surface area (Å²) in [5, 5.41) is 0. The van der Waals surface area contributed by atoms with Crippen LogP contribution in [0, 0.1) is 11.8 Å². The number of hydrogen-bond acceptors (Lipinski definition) is 3. The van der Waals surface area contributed by atoms with Crippen molar-refractivity contribution in [3.63, 3.8) is 0 Å². The summed E-state index contributed by atoms with van der Waals surface area (Å²) in [5.74, 6) is 2.19. The Morgan fingerprint density at radius 1 is 0.944 bits per heavy atom. The second-order valence-electron chi connectivity index (χ2n) is 6.87. The van der Waals surface area contributed by atoms with E-state index in [2.05, 4.69) is 9.80 Å². The first kappa shape index (κ1) is 11.4. The van der Waals surface area contributed by atoms with Crippen LogP contribution in [0.2, 0.25) is 0 Å². The van der Waals surface area contributed by atoms with Crippen LogP contribution >= 0.6 is 0 Å². The number of rotatable bonds is 0. The van der Waals surface area contributed by atoms with Gasteiger partial charge in [0.25, 0.3) is 0 Å². The number of piperidine rings is 4. The molecule has 0 aromatic heterocycles. The average molecular weight is 248 g/mol. The van der Waals surface area contributed by atoms with E-state index in [1.807, 2.05) is 0 Å². The number of ketones is 1. The molecule has 0 saturated carbocycles. The summed E-state index contributed by atoms with van der Waals surface area (Å²) < 4.78 is 0. The zero-order chi connectivity index (χ0) is 12.1. The van der Waals surface area contributed by atoms with Crippen LogP contribution in [0.4, 0.5) is 0 Å². The van der Waals surface area contributed by atoms with Crippen LogP contribution in [0.3, 0.4) is 0 Å². The van der Waals surface area contributed by atoms with Crippen LogP contribution in [-0.4, -0.2) is 53.8 Å². The van der Waals surface area contributed by atoms with Crippen molar-refractivity contribution in [3.05, 3.63) is 0 Å². The Bertz CT molecular complexity index is 356. The van der Waals surface area contributed by atoms with Gasteiger partial charge >= 0.3 is 0 Å². The van der Waals surface area contributed by atoms with Crippen molar-refractivity contribution < 1.29 is 4.79 Å². The zero-order valence-corrected chi connectivity index (χ0v) is 11.2. The summed E-state index contributed by atoms with van der Waals surface area (Å²) in [5.41, 5.74) is 0. The van der Waals surface area contributed by atoms with E-state index in [4.69, 9.17) is 0 Å². The van der Waals surface area contributed by atoms with Gasteiger partial charge in [-0.05, 0) is 37.6 Å². The molecule has 4 fully saturated rings. The van der Waals surface area contributed by atoms with Gasteiger partial charge in [-0.1, -0.05) is 6.42 Å². The fourth-order valence-corrected chi connectivity index (χ4v) is 5.07. The molecule has 4 rings (SSSR count). The molecule has 0 aromatic rings. The van der Waals surface area contributed by atoms with E-state index in [9.17, 15) is 4.79 Å². The van der Waals surface area contributed by atoms with Gasteiger partial charge in [-0.15, -0.1) is 0 Å². The Morgan fingerprint density at radius 2 is 1.72 bits per heavy atom. The highest BCUT2D eigenvalue weighted by molar-refractivity contribution is 5.80. The van der Waals surface area contributed by atoms with E-state index in [0.717, 1.165) is 37.3 Å². The summed E-state index contributed by atoms with van der Waals surface area (Å²) in [6.45, 7) is 4.91. The van der Waals surface area contributed by atoms with Gasteiger partial charge in [-0.2, -0.15) is 0 Å². The van der Waals surface area contributed by atoms with E-state index in [-0.39, 0.29) is 0 Å². The van der Waals surface area contributed by atoms with Crippen LogP contribution in [0.5, 0.6) is 0 Å². The number of Topliss-reactive ketones (excluding diaryl/α,β-unsaturated/α-hetero) is 1. The predicted molar refractivity (Wildman–Crippen MR) is 70.4 cm³/mol. The number of nitrogens with zero attached hydrogens (tertiary/aromatic N) is 2. The molecule has 0 aromatic carbocycles. The molecule has 0 spiro atoms. The lowest BCUT2D eigenvalue weighted by molar-refractivity contribution is -0.130. The van der Waals surface area contributed by atoms with E-state index in [1.165, 1.54) is 45.3 Å². The molecule has 3 nitrogen and oxygen atoms in total. The van der Waals surface area contributed by atoms with Crippen LogP contribution in [0.1, 0.15) is 38.5 Å². The van der Waals surface area contributed by atoms with Crippen molar-refractivity contribution in [2.75, 3.05) is 26.2 Å². The Morgan fingerprint density at radius 3 is 2.61 bits per heavy atom. The smallest absolute Gasteiger partial charge is 0.135 e.